The van der Waals surface area contributed by atoms with Crippen LogP contribution >= 0.6 is 0 Å². The minimum absolute atomic E-state index is 0.00176. The van der Waals surface area contributed by atoms with Crippen molar-refractivity contribution in [3.05, 3.63) is 35.9 Å². The second-order valence-corrected chi connectivity index (χ2v) is 4.93. The van der Waals surface area contributed by atoms with E-state index in [0.717, 1.165) is 18.4 Å². The molecule has 102 valence electrons. The lowest BCUT2D eigenvalue weighted by Crippen LogP contribution is -2.58. The molecule has 0 spiro atoms. The van der Waals surface area contributed by atoms with Gasteiger partial charge >= 0.3 is 0 Å². The third kappa shape index (κ3) is 2.78. The van der Waals surface area contributed by atoms with E-state index in [-0.39, 0.29) is 11.8 Å². The molecule has 0 aliphatic carbocycles. The number of benzene rings is 1. The molecule has 19 heavy (non-hydrogen) atoms. The number of amides is 2. The smallest absolute Gasteiger partial charge is 0.248 e. The molecule has 0 saturated carbocycles. The Bertz CT molecular complexity index is 458. The Kier molecular flexibility index (Phi) is 4.20. The van der Waals surface area contributed by atoms with Crippen LogP contribution in [0.25, 0.3) is 0 Å². The van der Waals surface area contributed by atoms with Gasteiger partial charge in [-0.25, -0.2) is 0 Å². The van der Waals surface area contributed by atoms with Crippen molar-refractivity contribution in [1.82, 2.24) is 10.2 Å². The lowest BCUT2D eigenvalue weighted by atomic mass is 9.99. The minimum atomic E-state index is -0.489. The van der Waals surface area contributed by atoms with Gasteiger partial charge in [-0.2, -0.15) is 0 Å². The highest BCUT2D eigenvalue weighted by atomic mass is 16.2. The normalized spacial score (nSPS) is 23.4. The number of carbonyl (C=O) groups is 2. The van der Waals surface area contributed by atoms with Gasteiger partial charge in [0.2, 0.25) is 11.8 Å². The van der Waals surface area contributed by atoms with E-state index >= 15 is 0 Å². The first-order valence-corrected chi connectivity index (χ1v) is 6.81. The monoisotopic (exact) mass is 260 g/mol. The van der Waals surface area contributed by atoms with Crippen molar-refractivity contribution >= 4 is 11.8 Å². The molecule has 2 amide bonds. The summed E-state index contributed by atoms with van der Waals surface area (Å²) >= 11 is 0. The number of piperazine rings is 1. The molecule has 2 atom stereocenters. The maximum Gasteiger partial charge on any atom is 0.248 e. The molecule has 2 rings (SSSR count). The van der Waals surface area contributed by atoms with Gasteiger partial charge in [-0.15, -0.1) is 0 Å². The van der Waals surface area contributed by atoms with Gasteiger partial charge in [0.05, 0.1) is 0 Å². The fourth-order valence-electron chi connectivity index (χ4n) is 2.41. The van der Waals surface area contributed by atoms with Crippen molar-refractivity contribution in [3.8, 4) is 0 Å². The molecule has 1 saturated heterocycles. The molecule has 0 aromatic heterocycles. The highest BCUT2D eigenvalue weighted by Crippen LogP contribution is 2.25. The van der Waals surface area contributed by atoms with Crippen LogP contribution in [0.15, 0.2) is 30.3 Å². The SMILES string of the molecule is CCCCN1C(=O)C(C)NC(=O)C1c1ccccc1. The summed E-state index contributed by atoms with van der Waals surface area (Å²) < 4.78 is 0. The molecule has 1 aromatic carbocycles. The second kappa shape index (κ2) is 5.87. The van der Waals surface area contributed by atoms with E-state index in [9.17, 15) is 9.59 Å². The zero-order valence-electron chi connectivity index (χ0n) is 11.4. The van der Waals surface area contributed by atoms with Gasteiger partial charge in [0.25, 0.3) is 0 Å². The van der Waals surface area contributed by atoms with E-state index in [2.05, 4.69) is 12.2 Å². The highest BCUT2D eigenvalue weighted by Gasteiger charge is 2.38. The van der Waals surface area contributed by atoms with Crippen molar-refractivity contribution < 1.29 is 9.59 Å². The van der Waals surface area contributed by atoms with Crippen molar-refractivity contribution in [2.75, 3.05) is 6.54 Å². The molecule has 1 aliphatic rings. The van der Waals surface area contributed by atoms with Gasteiger partial charge < -0.3 is 10.2 Å². The van der Waals surface area contributed by atoms with E-state index in [1.54, 1.807) is 11.8 Å². The molecule has 1 aliphatic heterocycles. The molecule has 0 bridgehead atoms. The van der Waals surface area contributed by atoms with Crippen LogP contribution in [0, 0.1) is 0 Å². The Morgan fingerprint density at radius 1 is 1.21 bits per heavy atom. The first kappa shape index (κ1) is 13.6. The second-order valence-electron chi connectivity index (χ2n) is 4.93. The Morgan fingerprint density at radius 3 is 2.53 bits per heavy atom. The van der Waals surface area contributed by atoms with Crippen molar-refractivity contribution in [2.45, 2.75) is 38.8 Å². The predicted octanol–water partition coefficient (Wildman–Crippen LogP) is 1.87. The summed E-state index contributed by atoms with van der Waals surface area (Å²) in [6.07, 6.45) is 1.91. The first-order valence-electron chi connectivity index (χ1n) is 6.81. The van der Waals surface area contributed by atoms with E-state index in [0.29, 0.717) is 6.54 Å². The van der Waals surface area contributed by atoms with Crippen LogP contribution in [0.5, 0.6) is 0 Å². The largest absolute Gasteiger partial charge is 0.342 e. The lowest BCUT2D eigenvalue weighted by molar-refractivity contribution is -0.149. The Morgan fingerprint density at radius 2 is 1.89 bits per heavy atom. The zero-order valence-corrected chi connectivity index (χ0v) is 11.4. The summed E-state index contributed by atoms with van der Waals surface area (Å²) in [5.74, 6) is -0.0868. The van der Waals surface area contributed by atoms with Crippen LogP contribution in [0.2, 0.25) is 0 Å². The van der Waals surface area contributed by atoms with Crippen LogP contribution < -0.4 is 5.32 Å². The first-order chi connectivity index (χ1) is 9.15. The van der Waals surface area contributed by atoms with Crippen LogP contribution in [0.4, 0.5) is 0 Å². The lowest BCUT2D eigenvalue weighted by Gasteiger charge is -2.38. The molecule has 1 heterocycles. The molecule has 4 heteroatoms. The summed E-state index contributed by atoms with van der Waals surface area (Å²) in [4.78, 5) is 26.2. The molecule has 4 nitrogen and oxygen atoms in total. The van der Waals surface area contributed by atoms with Crippen LogP contribution in [0.1, 0.15) is 38.3 Å². The third-order valence-electron chi connectivity index (χ3n) is 3.44. The van der Waals surface area contributed by atoms with Crippen LogP contribution in [0.3, 0.4) is 0 Å². The fraction of sp³-hybridized carbons (Fsp3) is 0.467. The van der Waals surface area contributed by atoms with E-state index in [1.807, 2.05) is 30.3 Å². The maximum absolute atomic E-state index is 12.3. The van der Waals surface area contributed by atoms with Gasteiger partial charge in [-0.1, -0.05) is 43.7 Å². The summed E-state index contributed by atoms with van der Waals surface area (Å²) in [6, 6.07) is 8.57. The number of carbonyl (C=O) groups excluding carboxylic acids is 2. The average Bonchev–Trinajstić information content (AvgIpc) is 2.42. The van der Waals surface area contributed by atoms with Gasteiger partial charge in [0.15, 0.2) is 0 Å². The molecular weight excluding hydrogens is 240 g/mol. The molecule has 1 N–H and O–H groups in total. The Hall–Kier alpha value is -1.84. The topological polar surface area (TPSA) is 49.4 Å². The number of nitrogens with zero attached hydrogens (tertiary/aromatic N) is 1. The van der Waals surface area contributed by atoms with Crippen molar-refractivity contribution in [3.63, 3.8) is 0 Å². The third-order valence-corrected chi connectivity index (χ3v) is 3.44. The molecule has 0 radical (unpaired) electrons. The van der Waals surface area contributed by atoms with Gasteiger partial charge in [0, 0.05) is 6.54 Å². The summed E-state index contributed by atoms with van der Waals surface area (Å²) in [5, 5.41) is 2.75. The number of nitrogens with one attached hydrogen (secondary N) is 1. The molecular formula is C15H20N2O2. The molecule has 1 aromatic rings. The number of hydrogen-bond donors (Lipinski definition) is 1. The predicted molar refractivity (Wildman–Crippen MR) is 73.4 cm³/mol. The van der Waals surface area contributed by atoms with Gasteiger partial charge in [-0.3, -0.25) is 9.59 Å². The zero-order chi connectivity index (χ0) is 13.8. The van der Waals surface area contributed by atoms with Gasteiger partial charge in [0.1, 0.15) is 12.1 Å². The van der Waals surface area contributed by atoms with Gasteiger partial charge in [-0.05, 0) is 18.9 Å². The van der Waals surface area contributed by atoms with E-state index in [4.69, 9.17) is 0 Å². The number of hydrogen-bond acceptors (Lipinski definition) is 2. The minimum Gasteiger partial charge on any atom is -0.342 e. The van der Waals surface area contributed by atoms with Crippen molar-refractivity contribution in [1.29, 1.82) is 0 Å². The van der Waals surface area contributed by atoms with Crippen LogP contribution in [-0.2, 0) is 9.59 Å². The maximum atomic E-state index is 12.3. The number of unbranched alkanes of at least 4 members (excludes halogenated alkanes) is 1. The fourth-order valence-corrected chi connectivity index (χ4v) is 2.41. The summed E-state index contributed by atoms with van der Waals surface area (Å²) in [5.41, 5.74) is 0.872. The summed E-state index contributed by atoms with van der Waals surface area (Å²) in [6.45, 7) is 4.45. The van der Waals surface area contributed by atoms with Crippen molar-refractivity contribution in [2.24, 2.45) is 0 Å². The Labute approximate surface area is 113 Å². The standard InChI is InChI=1S/C15H20N2O2/c1-3-4-10-17-13(12-8-6-5-7-9-12)14(18)16-11(2)15(17)19/h5-9,11,13H,3-4,10H2,1-2H3,(H,16,18). The van der Waals surface area contributed by atoms with E-state index in [1.165, 1.54) is 0 Å². The summed E-state index contributed by atoms with van der Waals surface area (Å²) in [7, 11) is 0. The van der Waals surface area contributed by atoms with E-state index < -0.39 is 12.1 Å². The quantitative estimate of drug-likeness (QED) is 0.898. The van der Waals surface area contributed by atoms with Crippen LogP contribution in [-0.4, -0.2) is 29.3 Å². The highest BCUT2D eigenvalue weighted by molar-refractivity contribution is 5.97. The number of rotatable bonds is 4. The average molecular weight is 260 g/mol. The molecule has 2 unspecified atom stereocenters. The molecule has 1 fully saturated rings. The Balaban J connectivity index is 2.30.